The Kier molecular flexibility index (Phi) is 6.53. The van der Waals surface area contributed by atoms with Gasteiger partial charge in [0.2, 0.25) is 0 Å². The first-order valence-corrected chi connectivity index (χ1v) is 7.87. The molecular weight excluding hydrogens is 298 g/mol. The second-order valence-electron chi connectivity index (χ2n) is 3.99. The first-order chi connectivity index (χ1) is 9.43. The molecule has 1 rings (SSSR count). The molecule has 1 amide bonds. The molecule has 0 atom stereocenters. The molecule has 1 aromatic carbocycles. The molecule has 0 fully saturated rings. The van der Waals surface area contributed by atoms with Gasteiger partial charge in [0.15, 0.2) is 0 Å². The maximum absolute atomic E-state index is 11.8. The van der Waals surface area contributed by atoms with Gasteiger partial charge in [0, 0.05) is 22.9 Å². The molecule has 0 radical (unpaired) electrons. The molecule has 1 aromatic rings. The number of nitrogens with zero attached hydrogens (tertiary/aromatic N) is 2. The number of amides is 1. The van der Waals surface area contributed by atoms with E-state index in [1.165, 1.54) is 36.0 Å². The van der Waals surface area contributed by atoms with Crippen molar-refractivity contribution in [3.63, 3.8) is 0 Å². The maximum Gasteiger partial charge on any atom is 0.271 e. The number of hydrogen-bond acceptors (Lipinski definition) is 6. The Balaban J connectivity index is 2.70. The van der Waals surface area contributed by atoms with Crippen molar-refractivity contribution in [2.24, 2.45) is 5.10 Å². The zero-order valence-corrected chi connectivity index (χ0v) is 13.0. The number of non-ortho nitro benzene ring substituents is 1. The Labute approximate surface area is 125 Å². The Hall–Kier alpha value is -1.54. The zero-order valence-electron chi connectivity index (χ0n) is 11.3. The number of hydrogen-bond donors (Lipinski definition) is 1. The predicted octanol–water partition coefficient (Wildman–Crippen LogP) is 3.10. The Morgan fingerprint density at radius 2 is 1.95 bits per heavy atom. The van der Waals surface area contributed by atoms with Crippen LogP contribution in [0.4, 0.5) is 5.69 Å². The number of nitro groups is 1. The van der Waals surface area contributed by atoms with Gasteiger partial charge in [-0.3, -0.25) is 14.9 Å². The van der Waals surface area contributed by atoms with Gasteiger partial charge >= 0.3 is 0 Å². The SMILES string of the molecule is CSC(=NNC(=O)c1ccc([N+](=O)[O-])cc1)SC(C)C. The lowest BCUT2D eigenvalue weighted by Crippen LogP contribution is -2.18. The number of carbonyl (C=O) groups excluding carboxylic acids is 1. The quantitative estimate of drug-likeness (QED) is 0.399. The third-order valence-electron chi connectivity index (χ3n) is 2.10. The molecule has 108 valence electrons. The number of thioether (sulfide) groups is 2. The second-order valence-corrected chi connectivity index (χ2v) is 6.61. The Bertz CT molecular complexity index is 515. The number of benzene rings is 1. The molecule has 20 heavy (non-hydrogen) atoms. The van der Waals surface area contributed by atoms with Crippen LogP contribution in [0.25, 0.3) is 0 Å². The summed E-state index contributed by atoms with van der Waals surface area (Å²) < 4.78 is 0.760. The average Bonchev–Trinajstić information content (AvgIpc) is 2.42. The van der Waals surface area contributed by atoms with E-state index in [4.69, 9.17) is 0 Å². The molecule has 0 saturated carbocycles. The minimum atomic E-state index is -0.509. The van der Waals surface area contributed by atoms with Crippen molar-refractivity contribution in [2.75, 3.05) is 6.26 Å². The van der Waals surface area contributed by atoms with Gasteiger partial charge in [-0.25, -0.2) is 5.43 Å². The standard InChI is InChI=1S/C12H15N3O3S2/c1-8(2)20-12(19-3)14-13-11(16)9-4-6-10(7-5-9)15(17)18/h4-8H,1-3H3,(H,13,16). The first kappa shape index (κ1) is 16.5. The van der Waals surface area contributed by atoms with Crippen molar-refractivity contribution in [2.45, 2.75) is 19.1 Å². The van der Waals surface area contributed by atoms with Gasteiger partial charge in [0.25, 0.3) is 11.6 Å². The van der Waals surface area contributed by atoms with E-state index in [0.29, 0.717) is 10.8 Å². The third-order valence-corrected chi connectivity index (χ3v) is 4.09. The van der Waals surface area contributed by atoms with Gasteiger partial charge in [0.1, 0.15) is 4.38 Å². The van der Waals surface area contributed by atoms with Gasteiger partial charge in [-0.05, 0) is 18.4 Å². The van der Waals surface area contributed by atoms with Gasteiger partial charge < -0.3 is 0 Å². The van der Waals surface area contributed by atoms with Crippen molar-refractivity contribution in [3.8, 4) is 0 Å². The predicted molar refractivity (Wildman–Crippen MR) is 84.2 cm³/mol. The van der Waals surface area contributed by atoms with Crippen molar-refractivity contribution < 1.29 is 9.72 Å². The molecular formula is C12H15N3O3S2. The largest absolute Gasteiger partial charge is 0.271 e. The summed E-state index contributed by atoms with van der Waals surface area (Å²) in [5.74, 6) is -0.393. The molecule has 0 spiro atoms. The number of nitro benzene ring substituents is 1. The molecule has 6 nitrogen and oxygen atoms in total. The van der Waals surface area contributed by atoms with Crippen molar-refractivity contribution in [3.05, 3.63) is 39.9 Å². The van der Waals surface area contributed by atoms with Crippen LogP contribution < -0.4 is 5.43 Å². The van der Waals surface area contributed by atoms with Crippen LogP contribution in [-0.2, 0) is 0 Å². The van der Waals surface area contributed by atoms with Crippen LogP contribution in [0.1, 0.15) is 24.2 Å². The smallest absolute Gasteiger partial charge is 0.267 e. The highest BCUT2D eigenvalue weighted by atomic mass is 32.2. The monoisotopic (exact) mass is 313 g/mol. The van der Waals surface area contributed by atoms with E-state index in [-0.39, 0.29) is 5.69 Å². The van der Waals surface area contributed by atoms with Gasteiger partial charge in [-0.15, -0.1) is 11.8 Å². The average molecular weight is 313 g/mol. The zero-order chi connectivity index (χ0) is 15.1. The number of carbonyl (C=O) groups is 1. The Morgan fingerprint density at radius 1 is 1.35 bits per heavy atom. The number of nitrogens with one attached hydrogen (secondary N) is 1. The molecule has 0 aliphatic carbocycles. The normalized spacial score (nSPS) is 11.5. The van der Waals surface area contributed by atoms with E-state index in [1.807, 2.05) is 20.1 Å². The Morgan fingerprint density at radius 3 is 2.40 bits per heavy atom. The first-order valence-electron chi connectivity index (χ1n) is 5.77. The molecule has 0 bridgehead atoms. The van der Waals surface area contributed by atoms with E-state index < -0.39 is 10.8 Å². The van der Waals surface area contributed by atoms with Crippen LogP contribution in [0.15, 0.2) is 29.4 Å². The molecule has 0 saturated heterocycles. The third kappa shape index (κ3) is 5.22. The van der Waals surface area contributed by atoms with Crippen LogP contribution in [0.3, 0.4) is 0 Å². The van der Waals surface area contributed by atoms with Crippen LogP contribution in [0.2, 0.25) is 0 Å². The summed E-state index contributed by atoms with van der Waals surface area (Å²) >= 11 is 3.00. The topological polar surface area (TPSA) is 84.6 Å². The number of rotatable bonds is 4. The van der Waals surface area contributed by atoms with E-state index in [9.17, 15) is 14.9 Å². The highest BCUT2D eigenvalue weighted by Crippen LogP contribution is 2.19. The molecule has 0 aliphatic rings. The lowest BCUT2D eigenvalue weighted by Gasteiger charge is -2.06. The fourth-order valence-corrected chi connectivity index (χ4v) is 2.82. The summed E-state index contributed by atoms with van der Waals surface area (Å²) in [5, 5.41) is 14.9. The number of hydrazone groups is 1. The highest BCUT2D eigenvalue weighted by molar-refractivity contribution is 8.38. The van der Waals surface area contributed by atoms with Crippen LogP contribution >= 0.6 is 23.5 Å². The van der Waals surface area contributed by atoms with Crippen LogP contribution in [-0.4, -0.2) is 26.7 Å². The molecule has 8 heteroatoms. The van der Waals surface area contributed by atoms with Crippen LogP contribution in [0.5, 0.6) is 0 Å². The summed E-state index contributed by atoms with van der Waals surface area (Å²) in [5.41, 5.74) is 2.72. The summed E-state index contributed by atoms with van der Waals surface area (Å²) in [6, 6.07) is 5.38. The molecule has 0 unspecified atom stereocenters. The van der Waals surface area contributed by atoms with Gasteiger partial charge in [-0.1, -0.05) is 25.6 Å². The summed E-state index contributed by atoms with van der Waals surface area (Å²) in [7, 11) is 0. The van der Waals surface area contributed by atoms with Crippen molar-refractivity contribution in [1.82, 2.24) is 5.43 Å². The van der Waals surface area contributed by atoms with E-state index in [0.717, 1.165) is 4.38 Å². The van der Waals surface area contributed by atoms with E-state index in [2.05, 4.69) is 10.5 Å². The van der Waals surface area contributed by atoms with Gasteiger partial charge in [0.05, 0.1) is 4.92 Å². The van der Waals surface area contributed by atoms with Crippen molar-refractivity contribution >= 4 is 39.5 Å². The summed E-state index contributed by atoms with van der Waals surface area (Å²) in [4.78, 5) is 21.8. The van der Waals surface area contributed by atoms with Gasteiger partial charge in [-0.2, -0.15) is 5.10 Å². The molecule has 0 heterocycles. The van der Waals surface area contributed by atoms with E-state index in [1.54, 1.807) is 11.8 Å². The minimum Gasteiger partial charge on any atom is -0.267 e. The fraction of sp³-hybridized carbons (Fsp3) is 0.333. The minimum absolute atomic E-state index is 0.0507. The van der Waals surface area contributed by atoms with E-state index >= 15 is 0 Å². The summed E-state index contributed by atoms with van der Waals surface area (Å²) in [6.07, 6.45) is 1.88. The molecule has 0 aromatic heterocycles. The van der Waals surface area contributed by atoms with Crippen molar-refractivity contribution in [1.29, 1.82) is 0 Å². The lowest BCUT2D eigenvalue weighted by atomic mass is 10.2. The summed E-state index contributed by atoms with van der Waals surface area (Å²) in [6.45, 7) is 4.07. The van der Waals surface area contributed by atoms with Crippen LogP contribution in [0, 0.1) is 10.1 Å². The second kappa shape index (κ2) is 7.91. The molecule has 1 N–H and O–H groups in total. The fourth-order valence-electron chi connectivity index (χ4n) is 1.22. The lowest BCUT2D eigenvalue weighted by molar-refractivity contribution is -0.384. The molecule has 0 aliphatic heterocycles. The maximum atomic E-state index is 11.8. The highest BCUT2D eigenvalue weighted by Gasteiger charge is 2.09.